The lowest BCUT2D eigenvalue weighted by molar-refractivity contribution is -0.138. The van der Waals surface area contributed by atoms with Crippen molar-refractivity contribution in [2.24, 2.45) is 0 Å². The number of thiocarbonyl (C=S) groups is 1. The molecule has 0 aliphatic rings. The predicted octanol–water partition coefficient (Wildman–Crippen LogP) is 4.79. The number of hydrogen-bond acceptors (Lipinski definition) is 6. The Morgan fingerprint density at radius 1 is 1.14 bits per heavy atom. The topological polar surface area (TPSA) is 112 Å². The smallest absolute Gasteiger partial charge is 0.416 e. The average Bonchev–Trinajstić information content (AvgIpc) is 3.34. The van der Waals surface area contributed by atoms with Crippen molar-refractivity contribution in [2.45, 2.75) is 52.0 Å². The zero-order valence-electron chi connectivity index (χ0n) is 23.4. The first-order chi connectivity index (χ1) is 19.8. The zero-order chi connectivity index (χ0) is 30.9. The molecule has 3 aromatic rings. The van der Waals surface area contributed by atoms with Crippen molar-refractivity contribution in [3.8, 4) is 6.07 Å². The number of aromatic nitrogens is 2. The normalized spacial score (nSPS) is 11.4. The standard InChI is InChI=1S/C29H31F3N6O3S/c1-4-41-27(40)35-26(42)37(17-22-7-5-6-8-24(22)29(30,31)32)18-28(2,3)36-25(39)13-23-15-34-19-38(23)16-21-11-9-20(14-33)10-12-21/h5-12,15,19H,4,13,16-18H2,1-3H3,(H,36,39)(H,35,40,42). The highest BCUT2D eigenvalue weighted by atomic mass is 32.1. The summed E-state index contributed by atoms with van der Waals surface area (Å²) in [4.78, 5) is 30.7. The summed E-state index contributed by atoms with van der Waals surface area (Å²) in [5.74, 6) is -0.346. The largest absolute Gasteiger partial charge is 0.450 e. The van der Waals surface area contributed by atoms with E-state index in [1.807, 2.05) is 16.7 Å². The quantitative estimate of drug-likeness (QED) is 0.322. The molecule has 1 aromatic heterocycles. The third kappa shape index (κ3) is 9.31. The average molecular weight is 601 g/mol. The first-order valence-corrected chi connectivity index (χ1v) is 13.4. The van der Waals surface area contributed by atoms with Crippen LogP contribution in [0.15, 0.2) is 61.1 Å². The molecule has 0 spiro atoms. The van der Waals surface area contributed by atoms with Gasteiger partial charge in [0.2, 0.25) is 5.91 Å². The van der Waals surface area contributed by atoms with E-state index < -0.39 is 23.4 Å². The molecule has 0 unspecified atom stereocenters. The van der Waals surface area contributed by atoms with Crippen molar-refractivity contribution in [2.75, 3.05) is 13.2 Å². The van der Waals surface area contributed by atoms with E-state index in [0.717, 1.165) is 11.6 Å². The molecule has 0 aliphatic heterocycles. The van der Waals surface area contributed by atoms with Gasteiger partial charge in [0.15, 0.2) is 5.11 Å². The van der Waals surface area contributed by atoms with Crippen LogP contribution in [0.1, 0.15) is 48.7 Å². The Hall–Kier alpha value is -4.44. The van der Waals surface area contributed by atoms with Crippen LogP contribution in [0.5, 0.6) is 0 Å². The Morgan fingerprint density at radius 3 is 2.48 bits per heavy atom. The molecular formula is C29H31F3N6O3S. The third-order valence-electron chi connectivity index (χ3n) is 6.10. The van der Waals surface area contributed by atoms with Crippen LogP contribution in [0, 0.1) is 11.3 Å². The Balaban J connectivity index is 1.74. The maximum absolute atomic E-state index is 13.7. The zero-order valence-corrected chi connectivity index (χ0v) is 24.2. The molecule has 0 atom stereocenters. The van der Waals surface area contributed by atoms with Crippen LogP contribution in [0.2, 0.25) is 0 Å². The van der Waals surface area contributed by atoms with E-state index in [4.69, 9.17) is 22.2 Å². The van der Waals surface area contributed by atoms with Gasteiger partial charge in [-0.05, 0) is 62.3 Å². The summed E-state index contributed by atoms with van der Waals surface area (Å²) in [6.07, 6.45) is -2.26. The van der Waals surface area contributed by atoms with E-state index in [1.165, 1.54) is 23.1 Å². The molecule has 1 heterocycles. The van der Waals surface area contributed by atoms with Gasteiger partial charge in [-0.25, -0.2) is 9.78 Å². The van der Waals surface area contributed by atoms with E-state index in [1.54, 1.807) is 45.4 Å². The van der Waals surface area contributed by atoms with Crippen LogP contribution in [0.3, 0.4) is 0 Å². The number of rotatable bonds is 10. The van der Waals surface area contributed by atoms with Crippen molar-refractivity contribution < 1.29 is 27.5 Å². The van der Waals surface area contributed by atoms with Crippen molar-refractivity contribution in [3.63, 3.8) is 0 Å². The molecule has 222 valence electrons. The van der Waals surface area contributed by atoms with Crippen LogP contribution >= 0.6 is 12.2 Å². The van der Waals surface area contributed by atoms with Crippen molar-refractivity contribution in [3.05, 3.63) is 89.0 Å². The predicted molar refractivity (Wildman–Crippen MR) is 153 cm³/mol. The molecule has 0 radical (unpaired) electrons. The highest BCUT2D eigenvalue weighted by Crippen LogP contribution is 2.32. The fourth-order valence-electron chi connectivity index (χ4n) is 4.30. The van der Waals surface area contributed by atoms with E-state index in [2.05, 4.69) is 21.7 Å². The SMILES string of the molecule is CCOC(=O)NC(=S)N(Cc1ccccc1C(F)(F)F)CC(C)(C)NC(=O)Cc1cncn1Cc1ccc(C#N)cc1. The van der Waals surface area contributed by atoms with E-state index in [-0.39, 0.29) is 42.7 Å². The second kappa shape index (κ2) is 14.0. The number of imidazole rings is 1. The number of ether oxygens (including phenoxy) is 1. The van der Waals surface area contributed by atoms with Gasteiger partial charge in [-0.2, -0.15) is 18.4 Å². The summed E-state index contributed by atoms with van der Waals surface area (Å²) < 4.78 is 47.7. The number of alkyl carbamates (subject to hydrolysis) is 1. The summed E-state index contributed by atoms with van der Waals surface area (Å²) in [6, 6.07) is 14.2. The van der Waals surface area contributed by atoms with Gasteiger partial charge in [0.05, 0.1) is 42.1 Å². The van der Waals surface area contributed by atoms with Crippen LogP contribution in [-0.4, -0.2) is 50.3 Å². The Bertz CT molecular complexity index is 1450. The highest BCUT2D eigenvalue weighted by Gasteiger charge is 2.34. The molecular weight excluding hydrogens is 569 g/mol. The molecule has 9 nitrogen and oxygen atoms in total. The van der Waals surface area contributed by atoms with Gasteiger partial charge in [0, 0.05) is 31.5 Å². The monoisotopic (exact) mass is 600 g/mol. The fraction of sp³-hybridized carbons (Fsp3) is 0.345. The molecule has 0 saturated heterocycles. The van der Waals surface area contributed by atoms with Gasteiger partial charge in [0.1, 0.15) is 0 Å². The summed E-state index contributed by atoms with van der Waals surface area (Å²) in [5, 5.41) is 14.1. The third-order valence-corrected chi connectivity index (χ3v) is 6.46. The van der Waals surface area contributed by atoms with Gasteiger partial charge in [-0.3, -0.25) is 10.1 Å². The first-order valence-electron chi connectivity index (χ1n) is 13.0. The molecule has 3 rings (SSSR count). The Kier molecular flexibility index (Phi) is 10.7. The van der Waals surface area contributed by atoms with Gasteiger partial charge >= 0.3 is 12.3 Å². The molecule has 2 aromatic carbocycles. The number of nitrogens with one attached hydrogen (secondary N) is 2. The number of amides is 2. The van der Waals surface area contributed by atoms with Crippen LogP contribution in [0.4, 0.5) is 18.0 Å². The lowest BCUT2D eigenvalue weighted by Crippen LogP contribution is -2.55. The minimum Gasteiger partial charge on any atom is -0.450 e. The lowest BCUT2D eigenvalue weighted by atomic mass is 10.0. The highest BCUT2D eigenvalue weighted by molar-refractivity contribution is 7.80. The number of carbonyl (C=O) groups is 2. The van der Waals surface area contributed by atoms with E-state index >= 15 is 0 Å². The second-order valence-electron chi connectivity index (χ2n) is 10.1. The summed E-state index contributed by atoms with van der Waals surface area (Å²) in [6.45, 7) is 5.23. The lowest BCUT2D eigenvalue weighted by Gasteiger charge is -2.35. The number of nitriles is 1. The minimum atomic E-state index is -4.59. The minimum absolute atomic E-state index is 0.0118. The number of nitrogens with zero attached hydrogens (tertiary/aromatic N) is 4. The van der Waals surface area contributed by atoms with Gasteiger partial charge < -0.3 is 19.5 Å². The number of benzene rings is 2. The number of hydrogen-bond donors (Lipinski definition) is 2. The molecule has 2 N–H and O–H groups in total. The maximum atomic E-state index is 13.7. The first kappa shape index (κ1) is 32.1. The Labute approximate surface area is 247 Å². The van der Waals surface area contributed by atoms with Gasteiger partial charge in [-0.1, -0.05) is 30.3 Å². The molecule has 0 bridgehead atoms. The fourth-order valence-corrected chi connectivity index (χ4v) is 4.51. The van der Waals surface area contributed by atoms with Crippen molar-refractivity contribution in [1.29, 1.82) is 5.26 Å². The number of alkyl halides is 3. The van der Waals surface area contributed by atoms with Gasteiger partial charge in [-0.15, -0.1) is 0 Å². The molecule has 0 aliphatic carbocycles. The molecule has 0 saturated carbocycles. The number of carbonyl (C=O) groups excluding carboxylic acids is 2. The second-order valence-corrected chi connectivity index (χ2v) is 10.5. The van der Waals surface area contributed by atoms with Crippen LogP contribution in [0.25, 0.3) is 0 Å². The summed E-state index contributed by atoms with van der Waals surface area (Å²) >= 11 is 5.36. The van der Waals surface area contributed by atoms with Gasteiger partial charge in [0.25, 0.3) is 0 Å². The van der Waals surface area contributed by atoms with Crippen molar-refractivity contribution in [1.82, 2.24) is 25.1 Å². The molecule has 13 heteroatoms. The summed E-state index contributed by atoms with van der Waals surface area (Å²) in [7, 11) is 0. The molecule has 42 heavy (non-hydrogen) atoms. The summed E-state index contributed by atoms with van der Waals surface area (Å²) in [5.41, 5.74) is 0.245. The van der Waals surface area contributed by atoms with E-state index in [9.17, 15) is 22.8 Å². The maximum Gasteiger partial charge on any atom is 0.416 e. The molecule has 2 amide bonds. The van der Waals surface area contributed by atoms with Crippen molar-refractivity contribution >= 4 is 29.3 Å². The number of halogens is 3. The molecule has 0 fully saturated rings. The van der Waals surface area contributed by atoms with Crippen LogP contribution in [-0.2, 0) is 35.2 Å². The Morgan fingerprint density at radius 2 is 1.83 bits per heavy atom. The van der Waals surface area contributed by atoms with Crippen LogP contribution < -0.4 is 10.6 Å². The van der Waals surface area contributed by atoms with E-state index in [0.29, 0.717) is 17.8 Å².